The number of halogens is 1. The summed E-state index contributed by atoms with van der Waals surface area (Å²) in [6.45, 7) is 1.96. The molecule has 0 spiro atoms. The third-order valence-electron chi connectivity index (χ3n) is 4.46. The Morgan fingerprint density at radius 2 is 1.73 bits per heavy atom. The minimum Gasteiger partial charge on any atom is -0.418 e. The molecule has 0 unspecified atom stereocenters. The third kappa shape index (κ3) is 4.67. The molecule has 0 aliphatic rings. The summed E-state index contributed by atoms with van der Waals surface area (Å²) in [5.74, 6) is 0.633. The molecule has 0 saturated carbocycles. The van der Waals surface area contributed by atoms with Gasteiger partial charge in [0, 0.05) is 16.3 Å². The highest BCUT2D eigenvalue weighted by atomic mass is 35.5. The fraction of sp³-hybridized carbons (Fsp3) is 0.0870. The molecule has 1 aromatic heterocycles. The van der Waals surface area contributed by atoms with Gasteiger partial charge in [-0.3, -0.25) is 0 Å². The zero-order valence-electron chi connectivity index (χ0n) is 16.2. The molecule has 1 atom stereocenters. The van der Waals surface area contributed by atoms with Crippen LogP contribution in [0.4, 0.5) is 10.5 Å². The van der Waals surface area contributed by atoms with Crippen LogP contribution < -0.4 is 10.6 Å². The van der Waals surface area contributed by atoms with Crippen molar-refractivity contribution < 1.29 is 9.21 Å². The molecular weight excluding hydrogens is 400 g/mol. The van der Waals surface area contributed by atoms with Crippen LogP contribution in [0, 0.1) is 6.92 Å². The molecule has 7 heteroatoms. The maximum atomic E-state index is 12.7. The van der Waals surface area contributed by atoms with E-state index in [-0.39, 0.29) is 11.9 Å². The molecule has 150 valence electrons. The SMILES string of the molecule is Cc1cccc(NC(=O)N[C@@H](c2ccccc2)c2nnc(-c3ccc(Cl)cc3)o2)c1. The molecule has 0 aliphatic carbocycles. The van der Waals surface area contributed by atoms with E-state index in [4.69, 9.17) is 16.0 Å². The Hall–Kier alpha value is -3.64. The summed E-state index contributed by atoms with van der Waals surface area (Å²) in [6.07, 6.45) is 0. The van der Waals surface area contributed by atoms with Crippen LogP contribution in [0.2, 0.25) is 5.02 Å². The summed E-state index contributed by atoms with van der Waals surface area (Å²) < 4.78 is 5.89. The van der Waals surface area contributed by atoms with Crippen molar-refractivity contribution in [1.29, 1.82) is 0 Å². The van der Waals surface area contributed by atoms with Gasteiger partial charge in [-0.15, -0.1) is 10.2 Å². The molecule has 4 aromatic rings. The van der Waals surface area contributed by atoms with Crippen LogP contribution >= 0.6 is 11.6 Å². The van der Waals surface area contributed by atoms with Crippen LogP contribution in [-0.4, -0.2) is 16.2 Å². The van der Waals surface area contributed by atoms with Crippen molar-refractivity contribution >= 4 is 23.3 Å². The van der Waals surface area contributed by atoms with E-state index >= 15 is 0 Å². The number of benzene rings is 3. The van der Waals surface area contributed by atoms with E-state index in [1.807, 2.05) is 61.5 Å². The lowest BCUT2D eigenvalue weighted by Gasteiger charge is -2.16. The van der Waals surface area contributed by atoms with Gasteiger partial charge in [0.05, 0.1) is 0 Å². The number of amides is 2. The number of urea groups is 1. The largest absolute Gasteiger partial charge is 0.418 e. The monoisotopic (exact) mass is 418 g/mol. The second-order valence-electron chi connectivity index (χ2n) is 6.76. The first-order valence-electron chi connectivity index (χ1n) is 9.37. The molecule has 3 aromatic carbocycles. The van der Waals surface area contributed by atoms with E-state index < -0.39 is 6.04 Å². The Bertz CT molecular complexity index is 1140. The van der Waals surface area contributed by atoms with Crippen molar-refractivity contribution in [3.8, 4) is 11.5 Å². The Morgan fingerprint density at radius 1 is 0.967 bits per heavy atom. The Balaban J connectivity index is 1.59. The summed E-state index contributed by atoms with van der Waals surface area (Å²) in [7, 11) is 0. The minimum absolute atomic E-state index is 0.283. The lowest BCUT2D eigenvalue weighted by Crippen LogP contribution is -2.33. The summed E-state index contributed by atoms with van der Waals surface area (Å²) in [5, 5.41) is 14.7. The smallest absolute Gasteiger partial charge is 0.320 e. The fourth-order valence-corrected chi connectivity index (χ4v) is 3.14. The molecule has 4 rings (SSSR count). The number of nitrogens with zero attached hydrogens (tertiary/aromatic N) is 2. The molecule has 2 amide bonds. The number of anilines is 1. The molecule has 0 saturated heterocycles. The Morgan fingerprint density at radius 3 is 2.47 bits per heavy atom. The van der Waals surface area contributed by atoms with E-state index in [9.17, 15) is 4.79 Å². The van der Waals surface area contributed by atoms with Crippen LogP contribution in [-0.2, 0) is 0 Å². The van der Waals surface area contributed by atoms with Gasteiger partial charge < -0.3 is 15.1 Å². The fourth-order valence-electron chi connectivity index (χ4n) is 3.01. The number of hydrogen-bond acceptors (Lipinski definition) is 4. The highest BCUT2D eigenvalue weighted by molar-refractivity contribution is 6.30. The lowest BCUT2D eigenvalue weighted by molar-refractivity contribution is 0.248. The average Bonchev–Trinajstić information content (AvgIpc) is 3.23. The second-order valence-corrected chi connectivity index (χ2v) is 7.20. The number of hydrogen-bond donors (Lipinski definition) is 2. The Kier molecular flexibility index (Phi) is 5.77. The van der Waals surface area contributed by atoms with Gasteiger partial charge in [0.25, 0.3) is 0 Å². The second kappa shape index (κ2) is 8.80. The van der Waals surface area contributed by atoms with Crippen LogP contribution in [0.3, 0.4) is 0 Å². The van der Waals surface area contributed by atoms with E-state index in [1.165, 1.54) is 0 Å². The van der Waals surface area contributed by atoms with Crippen LogP contribution in [0.15, 0.2) is 83.3 Å². The number of carbonyl (C=O) groups is 1. The van der Waals surface area contributed by atoms with Crippen molar-refractivity contribution in [1.82, 2.24) is 15.5 Å². The zero-order valence-corrected chi connectivity index (χ0v) is 16.9. The van der Waals surface area contributed by atoms with E-state index in [2.05, 4.69) is 20.8 Å². The van der Waals surface area contributed by atoms with E-state index in [0.717, 1.165) is 16.7 Å². The molecule has 0 fully saturated rings. The minimum atomic E-state index is -0.607. The number of rotatable bonds is 5. The van der Waals surface area contributed by atoms with Crippen molar-refractivity contribution in [2.45, 2.75) is 13.0 Å². The molecule has 2 N–H and O–H groups in total. The van der Waals surface area contributed by atoms with E-state index in [0.29, 0.717) is 16.6 Å². The van der Waals surface area contributed by atoms with Gasteiger partial charge in [-0.05, 0) is 54.4 Å². The van der Waals surface area contributed by atoms with Gasteiger partial charge >= 0.3 is 6.03 Å². The van der Waals surface area contributed by atoms with Crippen LogP contribution in [0.1, 0.15) is 23.1 Å². The van der Waals surface area contributed by atoms with Gasteiger partial charge in [-0.25, -0.2) is 4.79 Å². The molecular formula is C23H19ClN4O2. The number of carbonyl (C=O) groups excluding carboxylic acids is 1. The highest BCUT2D eigenvalue weighted by Crippen LogP contribution is 2.26. The number of aryl methyl sites for hydroxylation is 1. The highest BCUT2D eigenvalue weighted by Gasteiger charge is 2.23. The molecule has 6 nitrogen and oxygen atoms in total. The van der Waals surface area contributed by atoms with Crippen LogP contribution in [0.25, 0.3) is 11.5 Å². The number of aromatic nitrogens is 2. The van der Waals surface area contributed by atoms with Gasteiger partial charge in [0.1, 0.15) is 6.04 Å². The van der Waals surface area contributed by atoms with Crippen molar-refractivity contribution in [3.63, 3.8) is 0 Å². The topological polar surface area (TPSA) is 80.0 Å². The maximum absolute atomic E-state index is 12.7. The van der Waals surface area contributed by atoms with Gasteiger partial charge in [-0.2, -0.15) is 0 Å². The molecule has 0 aliphatic heterocycles. The summed E-state index contributed by atoms with van der Waals surface area (Å²) in [5.41, 5.74) is 3.32. The zero-order chi connectivity index (χ0) is 20.9. The number of nitrogens with one attached hydrogen (secondary N) is 2. The predicted octanol–water partition coefficient (Wildman–Crippen LogP) is 5.61. The summed E-state index contributed by atoms with van der Waals surface area (Å²) in [4.78, 5) is 12.7. The third-order valence-corrected chi connectivity index (χ3v) is 4.72. The van der Waals surface area contributed by atoms with Gasteiger partial charge in [0.2, 0.25) is 11.8 Å². The molecule has 0 bridgehead atoms. The average molecular weight is 419 g/mol. The maximum Gasteiger partial charge on any atom is 0.320 e. The normalized spacial score (nSPS) is 11.7. The first kappa shape index (κ1) is 19.7. The van der Waals surface area contributed by atoms with Crippen molar-refractivity contribution in [3.05, 3.63) is 101 Å². The predicted molar refractivity (Wildman–Crippen MR) is 116 cm³/mol. The molecule has 30 heavy (non-hydrogen) atoms. The quantitative estimate of drug-likeness (QED) is 0.441. The Labute approximate surface area is 178 Å². The van der Waals surface area contributed by atoms with Crippen molar-refractivity contribution in [2.75, 3.05) is 5.32 Å². The summed E-state index contributed by atoms with van der Waals surface area (Å²) >= 11 is 5.95. The lowest BCUT2D eigenvalue weighted by atomic mass is 10.1. The van der Waals surface area contributed by atoms with Gasteiger partial charge in [0.15, 0.2) is 0 Å². The van der Waals surface area contributed by atoms with Crippen LogP contribution in [0.5, 0.6) is 0 Å². The molecule has 1 heterocycles. The van der Waals surface area contributed by atoms with Crippen molar-refractivity contribution in [2.24, 2.45) is 0 Å². The first-order valence-corrected chi connectivity index (χ1v) is 9.75. The van der Waals surface area contributed by atoms with Gasteiger partial charge in [-0.1, -0.05) is 54.1 Å². The first-order chi connectivity index (χ1) is 14.6. The molecule has 0 radical (unpaired) electrons. The summed E-state index contributed by atoms with van der Waals surface area (Å²) in [6, 6.07) is 23.2. The standard InChI is InChI=1S/C23H19ClN4O2/c1-15-6-5-9-19(14-15)25-23(29)26-20(16-7-3-2-4-8-16)22-28-27-21(30-22)17-10-12-18(24)13-11-17/h2-14,20H,1H3,(H2,25,26,29)/t20-/m0/s1. The van der Waals surface area contributed by atoms with E-state index in [1.54, 1.807) is 24.3 Å².